The fourth-order valence-corrected chi connectivity index (χ4v) is 2.63. The first-order chi connectivity index (χ1) is 11.9. The summed E-state index contributed by atoms with van der Waals surface area (Å²) in [7, 11) is 0. The fourth-order valence-electron chi connectivity index (χ4n) is 2.16. The maximum Gasteiger partial charge on any atom is 0.261 e. The highest BCUT2D eigenvalue weighted by Crippen LogP contribution is 2.22. The van der Waals surface area contributed by atoms with Crippen molar-refractivity contribution in [3.63, 3.8) is 0 Å². The highest BCUT2D eigenvalue weighted by molar-refractivity contribution is 6.35. The van der Waals surface area contributed by atoms with E-state index >= 15 is 0 Å². The van der Waals surface area contributed by atoms with Crippen molar-refractivity contribution in [1.29, 1.82) is 0 Å². The second kappa shape index (κ2) is 7.16. The largest absolute Gasteiger partial charge is 0.319 e. The summed E-state index contributed by atoms with van der Waals surface area (Å²) in [5.74, 6) is -3.02. The Bertz CT molecular complexity index is 925. The summed E-state index contributed by atoms with van der Waals surface area (Å²) < 4.78 is 28.6. The van der Waals surface area contributed by atoms with E-state index in [1.54, 1.807) is 18.2 Å². The van der Waals surface area contributed by atoms with Crippen LogP contribution in [0.1, 0.15) is 15.9 Å². The lowest BCUT2D eigenvalue weighted by Gasteiger charge is -2.05. The minimum absolute atomic E-state index is 0.283. The molecule has 2 heterocycles. The van der Waals surface area contributed by atoms with E-state index in [4.69, 9.17) is 23.2 Å². The van der Waals surface area contributed by atoms with Gasteiger partial charge < -0.3 is 5.32 Å². The zero-order valence-corrected chi connectivity index (χ0v) is 14.0. The van der Waals surface area contributed by atoms with Crippen LogP contribution in [-0.4, -0.2) is 20.7 Å². The first kappa shape index (κ1) is 17.3. The van der Waals surface area contributed by atoms with Crippen molar-refractivity contribution in [3.8, 4) is 0 Å². The average molecular weight is 383 g/mol. The molecule has 5 nitrogen and oxygen atoms in total. The van der Waals surface area contributed by atoms with Crippen LogP contribution in [0.15, 0.2) is 43.0 Å². The lowest BCUT2D eigenvalue weighted by Crippen LogP contribution is -2.15. The molecule has 9 heteroatoms. The average Bonchev–Trinajstić information content (AvgIpc) is 2.97. The van der Waals surface area contributed by atoms with Gasteiger partial charge in [0.1, 0.15) is 5.56 Å². The van der Waals surface area contributed by atoms with Crippen LogP contribution in [-0.2, 0) is 6.54 Å². The first-order valence-electron chi connectivity index (χ1n) is 7.01. The summed E-state index contributed by atoms with van der Waals surface area (Å²) in [5, 5.41) is 7.46. The number of pyridine rings is 1. The lowest BCUT2D eigenvalue weighted by molar-refractivity contribution is 0.101. The van der Waals surface area contributed by atoms with Crippen molar-refractivity contribution < 1.29 is 13.6 Å². The van der Waals surface area contributed by atoms with Gasteiger partial charge in [-0.05, 0) is 17.7 Å². The van der Waals surface area contributed by atoms with Crippen LogP contribution in [0.4, 0.5) is 14.5 Å². The zero-order chi connectivity index (χ0) is 18.0. The number of hydrogen-bond donors (Lipinski definition) is 1. The SMILES string of the molecule is O=C(Nc1cnn(Cc2ccc(Cl)cc2Cl)c1)c1c(F)cncc1F. The third-order valence-electron chi connectivity index (χ3n) is 3.32. The van der Waals surface area contributed by atoms with E-state index in [0.29, 0.717) is 16.6 Å². The second-order valence-electron chi connectivity index (χ2n) is 5.09. The number of halogens is 4. The highest BCUT2D eigenvalue weighted by atomic mass is 35.5. The zero-order valence-electron chi connectivity index (χ0n) is 12.5. The smallest absolute Gasteiger partial charge is 0.261 e. The van der Waals surface area contributed by atoms with E-state index in [0.717, 1.165) is 18.0 Å². The lowest BCUT2D eigenvalue weighted by atomic mass is 10.2. The molecule has 128 valence electrons. The minimum Gasteiger partial charge on any atom is -0.319 e. The summed E-state index contributed by atoms with van der Waals surface area (Å²) in [4.78, 5) is 15.4. The third-order valence-corrected chi connectivity index (χ3v) is 3.91. The first-order valence-corrected chi connectivity index (χ1v) is 7.76. The molecule has 0 aliphatic rings. The molecule has 3 aromatic rings. The van der Waals surface area contributed by atoms with E-state index in [1.165, 1.54) is 17.1 Å². The molecule has 1 amide bonds. The molecule has 25 heavy (non-hydrogen) atoms. The molecular formula is C16H10Cl2F2N4O. The van der Waals surface area contributed by atoms with E-state index < -0.39 is 23.1 Å². The summed E-state index contributed by atoms with van der Waals surface area (Å²) in [6, 6.07) is 5.07. The van der Waals surface area contributed by atoms with Crippen LogP contribution in [0.3, 0.4) is 0 Å². The van der Waals surface area contributed by atoms with Crippen molar-refractivity contribution in [2.45, 2.75) is 6.54 Å². The molecule has 0 spiro atoms. The molecule has 0 aliphatic carbocycles. The summed E-state index contributed by atoms with van der Waals surface area (Å²) >= 11 is 11.9. The van der Waals surface area contributed by atoms with Crippen molar-refractivity contribution in [2.75, 3.05) is 5.32 Å². The molecule has 0 bridgehead atoms. The van der Waals surface area contributed by atoms with Gasteiger partial charge in [-0.1, -0.05) is 29.3 Å². The molecule has 0 saturated heterocycles. The van der Waals surface area contributed by atoms with Gasteiger partial charge in [0, 0.05) is 16.2 Å². The number of amides is 1. The summed E-state index contributed by atoms with van der Waals surface area (Å²) in [5.41, 5.74) is 0.354. The Hall–Kier alpha value is -2.51. The van der Waals surface area contributed by atoms with Gasteiger partial charge >= 0.3 is 0 Å². The maximum atomic E-state index is 13.6. The van der Waals surface area contributed by atoms with E-state index in [-0.39, 0.29) is 5.69 Å². The Kier molecular flexibility index (Phi) is 4.96. The molecule has 0 saturated carbocycles. The van der Waals surface area contributed by atoms with Gasteiger partial charge in [0.25, 0.3) is 5.91 Å². The van der Waals surface area contributed by atoms with Crippen LogP contribution in [0.2, 0.25) is 10.0 Å². The molecule has 1 N–H and O–H groups in total. The maximum absolute atomic E-state index is 13.6. The number of nitrogens with one attached hydrogen (secondary N) is 1. The highest BCUT2D eigenvalue weighted by Gasteiger charge is 2.18. The van der Waals surface area contributed by atoms with Crippen LogP contribution in [0.5, 0.6) is 0 Å². The topological polar surface area (TPSA) is 59.8 Å². The molecular weight excluding hydrogens is 373 g/mol. The van der Waals surface area contributed by atoms with Gasteiger partial charge in [0.2, 0.25) is 0 Å². The number of carbonyl (C=O) groups excluding carboxylic acids is 1. The van der Waals surface area contributed by atoms with Gasteiger partial charge in [-0.15, -0.1) is 0 Å². The van der Waals surface area contributed by atoms with Crippen LogP contribution in [0, 0.1) is 11.6 Å². The van der Waals surface area contributed by atoms with E-state index in [1.807, 2.05) is 0 Å². The van der Waals surface area contributed by atoms with Gasteiger partial charge in [-0.25, -0.2) is 8.78 Å². The van der Waals surface area contributed by atoms with Crippen molar-refractivity contribution in [3.05, 3.63) is 75.8 Å². The second-order valence-corrected chi connectivity index (χ2v) is 5.94. The number of aromatic nitrogens is 3. The third kappa shape index (κ3) is 3.94. The molecule has 1 aromatic carbocycles. The Morgan fingerprint density at radius 2 is 1.88 bits per heavy atom. The van der Waals surface area contributed by atoms with Gasteiger partial charge in [0.05, 0.1) is 30.8 Å². The molecule has 3 rings (SSSR count). The Labute approximate surface area is 151 Å². The Balaban J connectivity index is 1.74. The number of nitrogens with zero attached hydrogens (tertiary/aromatic N) is 3. The van der Waals surface area contributed by atoms with E-state index in [2.05, 4.69) is 15.4 Å². The number of hydrogen-bond acceptors (Lipinski definition) is 3. The molecule has 2 aromatic heterocycles. The van der Waals surface area contributed by atoms with Crippen molar-refractivity contribution in [1.82, 2.24) is 14.8 Å². The Morgan fingerprint density at radius 1 is 1.16 bits per heavy atom. The van der Waals surface area contributed by atoms with Crippen LogP contribution < -0.4 is 5.32 Å². The number of rotatable bonds is 4. The molecule has 0 unspecified atom stereocenters. The summed E-state index contributed by atoms with van der Waals surface area (Å²) in [6.45, 7) is 0.337. The molecule has 0 fully saturated rings. The molecule has 0 aliphatic heterocycles. The molecule has 0 radical (unpaired) electrons. The normalized spacial score (nSPS) is 10.7. The summed E-state index contributed by atoms with van der Waals surface area (Å²) in [6.07, 6.45) is 4.41. The molecule has 0 atom stereocenters. The quantitative estimate of drug-likeness (QED) is 0.736. The van der Waals surface area contributed by atoms with Crippen molar-refractivity contribution in [2.24, 2.45) is 0 Å². The minimum atomic E-state index is -1.04. The Morgan fingerprint density at radius 3 is 2.56 bits per heavy atom. The fraction of sp³-hybridized carbons (Fsp3) is 0.0625. The van der Waals surface area contributed by atoms with Gasteiger partial charge in [0.15, 0.2) is 11.6 Å². The van der Waals surface area contributed by atoms with Crippen molar-refractivity contribution >= 4 is 34.8 Å². The predicted octanol–water partition coefficient (Wildman–Crippen LogP) is 4.16. The standard InChI is InChI=1S/C16H10Cl2F2N4O/c17-10-2-1-9(12(18)3-10)7-24-8-11(4-22-24)23-16(25)15-13(19)5-21-6-14(15)20/h1-6,8H,7H2,(H,23,25). The van der Waals surface area contributed by atoms with Crippen LogP contribution >= 0.6 is 23.2 Å². The monoisotopic (exact) mass is 382 g/mol. The van der Waals surface area contributed by atoms with Gasteiger partial charge in [-0.3, -0.25) is 14.5 Å². The predicted molar refractivity (Wildman–Crippen MR) is 89.9 cm³/mol. The van der Waals surface area contributed by atoms with E-state index in [9.17, 15) is 13.6 Å². The number of anilines is 1. The van der Waals surface area contributed by atoms with Crippen LogP contribution in [0.25, 0.3) is 0 Å². The van der Waals surface area contributed by atoms with Gasteiger partial charge in [-0.2, -0.15) is 5.10 Å². The number of benzene rings is 1. The number of carbonyl (C=O) groups is 1.